The van der Waals surface area contributed by atoms with Crippen LogP contribution in [0.25, 0.3) is 0 Å². The fourth-order valence-electron chi connectivity index (χ4n) is 5.19. The van der Waals surface area contributed by atoms with Crippen LogP contribution in [0.4, 0.5) is 0 Å². The van der Waals surface area contributed by atoms with Gasteiger partial charge in [0.15, 0.2) is 0 Å². The van der Waals surface area contributed by atoms with Crippen LogP contribution in [-0.2, 0) is 0 Å². The van der Waals surface area contributed by atoms with Crippen molar-refractivity contribution in [2.24, 2.45) is 29.1 Å². The van der Waals surface area contributed by atoms with Gasteiger partial charge in [0.25, 0.3) is 0 Å². The summed E-state index contributed by atoms with van der Waals surface area (Å²) in [5.41, 5.74) is 0.872. The van der Waals surface area contributed by atoms with E-state index >= 15 is 0 Å². The Morgan fingerprint density at radius 3 is 2.20 bits per heavy atom. The van der Waals surface area contributed by atoms with Crippen molar-refractivity contribution in [1.82, 2.24) is 0 Å². The van der Waals surface area contributed by atoms with E-state index in [1.807, 2.05) is 0 Å². The molecule has 2 saturated carbocycles. The van der Waals surface area contributed by atoms with E-state index < -0.39 is 0 Å². The van der Waals surface area contributed by atoms with Gasteiger partial charge in [-0.3, -0.25) is 0 Å². The maximum absolute atomic E-state index is 2.46. The van der Waals surface area contributed by atoms with E-state index in [9.17, 15) is 0 Å². The first-order valence-corrected chi connectivity index (χ1v) is 9.67. The lowest BCUT2D eigenvalue weighted by molar-refractivity contribution is 0.223. The van der Waals surface area contributed by atoms with Gasteiger partial charge >= 0.3 is 0 Å². The van der Waals surface area contributed by atoms with Gasteiger partial charge in [-0.15, -0.1) is 0 Å². The molecule has 0 nitrogen and oxygen atoms in total. The molecule has 0 bridgehead atoms. The quantitative estimate of drug-likeness (QED) is 0.410. The molecule has 2 fully saturated rings. The Labute approximate surface area is 128 Å². The molecule has 2 aliphatic rings. The lowest BCUT2D eigenvalue weighted by atomic mass is 9.76. The molecule has 3 atom stereocenters. The number of rotatable bonds is 10. The SMILES string of the molecule is CCCC(C)CCCC1C(CC(CC)CC)C12CCC2. The third-order valence-corrected chi connectivity index (χ3v) is 6.87. The van der Waals surface area contributed by atoms with Gasteiger partial charge in [-0.1, -0.05) is 72.6 Å². The van der Waals surface area contributed by atoms with E-state index in [0.29, 0.717) is 0 Å². The van der Waals surface area contributed by atoms with Crippen molar-refractivity contribution in [2.75, 3.05) is 0 Å². The van der Waals surface area contributed by atoms with Crippen molar-refractivity contribution in [1.29, 1.82) is 0 Å². The van der Waals surface area contributed by atoms with E-state index in [1.54, 1.807) is 25.7 Å². The molecule has 20 heavy (non-hydrogen) atoms. The molecule has 2 aliphatic carbocycles. The average molecular weight is 279 g/mol. The Balaban J connectivity index is 1.73. The molecule has 0 aliphatic heterocycles. The van der Waals surface area contributed by atoms with Crippen molar-refractivity contribution in [3.63, 3.8) is 0 Å². The molecular formula is C20H38. The fourth-order valence-corrected chi connectivity index (χ4v) is 5.19. The Morgan fingerprint density at radius 1 is 1.00 bits per heavy atom. The predicted octanol–water partition coefficient (Wildman–Crippen LogP) is 6.84. The molecule has 0 aromatic rings. The summed E-state index contributed by atoms with van der Waals surface area (Å²) in [6.07, 6.45) is 16.4. The Morgan fingerprint density at radius 2 is 1.70 bits per heavy atom. The number of hydrogen-bond acceptors (Lipinski definition) is 0. The highest BCUT2D eigenvalue weighted by molar-refractivity contribution is 5.14. The van der Waals surface area contributed by atoms with Gasteiger partial charge in [-0.2, -0.15) is 0 Å². The van der Waals surface area contributed by atoms with Crippen molar-refractivity contribution in [3.8, 4) is 0 Å². The molecule has 0 heteroatoms. The summed E-state index contributed by atoms with van der Waals surface area (Å²) >= 11 is 0. The van der Waals surface area contributed by atoms with Crippen LogP contribution in [0.3, 0.4) is 0 Å². The van der Waals surface area contributed by atoms with Gasteiger partial charge in [-0.05, 0) is 54.8 Å². The second-order valence-corrected chi connectivity index (χ2v) is 8.04. The average Bonchev–Trinajstić information content (AvgIpc) is 3.04. The molecular weight excluding hydrogens is 240 g/mol. The van der Waals surface area contributed by atoms with Crippen LogP contribution in [0.5, 0.6) is 0 Å². The first kappa shape index (κ1) is 16.4. The van der Waals surface area contributed by atoms with Crippen LogP contribution < -0.4 is 0 Å². The summed E-state index contributed by atoms with van der Waals surface area (Å²) in [5, 5.41) is 0. The van der Waals surface area contributed by atoms with Crippen molar-refractivity contribution >= 4 is 0 Å². The van der Waals surface area contributed by atoms with Crippen molar-refractivity contribution in [3.05, 3.63) is 0 Å². The normalized spacial score (nSPS) is 28.6. The summed E-state index contributed by atoms with van der Waals surface area (Å²) in [7, 11) is 0. The van der Waals surface area contributed by atoms with Crippen LogP contribution >= 0.6 is 0 Å². The zero-order chi connectivity index (χ0) is 14.6. The van der Waals surface area contributed by atoms with Gasteiger partial charge in [0.2, 0.25) is 0 Å². The van der Waals surface area contributed by atoms with Gasteiger partial charge in [-0.25, -0.2) is 0 Å². The third kappa shape index (κ3) is 3.42. The second kappa shape index (κ2) is 7.32. The highest BCUT2D eigenvalue weighted by atomic mass is 14.7. The first-order chi connectivity index (χ1) is 9.67. The Kier molecular flexibility index (Phi) is 5.99. The van der Waals surface area contributed by atoms with E-state index in [1.165, 1.54) is 44.9 Å². The Hall–Kier alpha value is 0. The molecule has 2 rings (SSSR count). The van der Waals surface area contributed by atoms with Crippen LogP contribution in [0.2, 0.25) is 0 Å². The fraction of sp³-hybridized carbons (Fsp3) is 1.00. The molecule has 0 N–H and O–H groups in total. The zero-order valence-electron chi connectivity index (χ0n) is 14.6. The van der Waals surface area contributed by atoms with Crippen LogP contribution in [0, 0.1) is 29.1 Å². The zero-order valence-corrected chi connectivity index (χ0v) is 14.6. The van der Waals surface area contributed by atoms with E-state index in [4.69, 9.17) is 0 Å². The topological polar surface area (TPSA) is 0 Å². The first-order valence-electron chi connectivity index (χ1n) is 9.67. The van der Waals surface area contributed by atoms with Crippen LogP contribution in [0.15, 0.2) is 0 Å². The summed E-state index contributed by atoms with van der Waals surface area (Å²) in [4.78, 5) is 0. The molecule has 118 valence electrons. The van der Waals surface area contributed by atoms with E-state index in [0.717, 1.165) is 29.1 Å². The molecule has 0 aromatic heterocycles. The predicted molar refractivity (Wildman–Crippen MR) is 89.9 cm³/mol. The van der Waals surface area contributed by atoms with Crippen LogP contribution in [0.1, 0.15) is 98.3 Å². The minimum absolute atomic E-state index is 0.872. The minimum atomic E-state index is 0.872. The molecule has 3 unspecified atom stereocenters. The van der Waals surface area contributed by atoms with Gasteiger partial charge in [0.1, 0.15) is 0 Å². The molecule has 0 saturated heterocycles. The molecule has 0 heterocycles. The lowest BCUT2D eigenvalue weighted by Gasteiger charge is -2.29. The van der Waals surface area contributed by atoms with E-state index in [-0.39, 0.29) is 0 Å². The molecule has 1 spiro atoms. The minimum Gasteiger partial charge on any atom is -0.0654 e. The van der Waals surface area contributed by atoms with E-state index in [2.05, 4.69) is 27.7 Å². The second-order valence-electron chi connectivity index (χ2n) is 8.04. The molecule has 0 aromatic carbocycles. The molecule has 0 radical (unpaired) electrons. The van der Waals surface area contributed by atoms with Crippen LogP contribution in [-0.4, -0.2) is 0 Å². The summed E-state index contributed by atoms with van der Waals surface area (Å²) in [6, 6.07) is 0. The monoisotopic (exact) mass is 278 g/mol. The van der Waals surface area contributed by atoms with Gasteiger partial charge in [0.05, 0.1) is 0 Å². The summed E-state index contributed by atoms with van der Waals surface area (Å²) in [6.45, 7) is 9.57. The number of hydrogen-bond donors (Lipinski definition) is 0. The Bertz CT molecular complexity index is 272. The molecule has 0 amide bonds. The smallest absolute Gasteiger partial charge is 0.0235 e. The highest BCUT2D eigenvalue weighted by Gasteiger charge is 2.65. The third-order valence-electron chi connectivity index (χ3n) is 6.87. The van der Waals surface area contributed by atoms with Crippen molar-refractivity contribution in [2.45, 2.75) is 98.3 Å². The van der Waals surface area contributed by atoms with Gasteiger partial charge in [0, 0.05) is 0 Å². The van der Waals surface area contributed by atoms with Gasteiger partial charge < -0.3 is 0 Å². The lowest BCUT2D eigenvalue weighted by Crippen LogP contribution is -2.17. The largest absolute Gasteiger partial charge is 0.0654 e. The summed E-state index contributed by atoms with van der Waals surface area (Å²) < 4.78 is 0. The van der Waals surface area contributed by atoms with Crippen molar-refractivity contribution < 1.29 is 0 Å². The maximum Gasteiger partial charge on any atom is -0.0235 e. The highest BCUT2D eigenvalue weighted by Crippen LogP contribution is 2.73. The maximum atomic E-state index is 2.46. The standard InChI is InChI=1S/C20H38/c1-5-10-16(4)11-8-12-18-19(15-17(6-2)7-3)20(18)13-9-14-20/h16-19H,5-15H2,1-4H3. The summed E-state index contributed by atoms with van der Waals surface area (Å²) in [5.74, 6) is 4.24.